The maximum atomic E-state index is 13.2. The largest absolute Gasteiger partial charge is 0.462 e. The molecule has 1 aliphatic heterocycles. The maximum Gasteiger partial charge on any atom is 0.312 e. The van der Waals surface area contributed by atoms with Crippen LogP contribution in [-0.2, 0) is 57.2 Å². The lowest BCUT2D eigenvalue weighted by atomic mass is 9.56. The molecule has 3 rings (SSSR count). The number of ether oxygens (including phenoxy) is 6. The first kappa shape index (κ1) is 35.7. The van der Waals surface area contributed by atoms with Gasteiger partial charge >= 0.3 is 35.8 Å². The quantitative estimate of drug-likeness (QED) is 0.234. The topological polar surface area (TPSA) is 178 Å². The normalized spacial score (nSPS) is 34.4. The molecule has 0 bridgehead atoms. The van der Waals surface area contributed by atoms with Gasteiger partial charge in [0.25, 0.3) is 0 Å². The predicted octanol–water partition coefficient (Wildman–Crippen LogP) is 2.65. The fourth-order valence-corrected chi connectivity index (χ4v) is 6.80. The molecule has 1 N–H and O–H groups in total. The number of esters is 6. The van der Waals surface area contributed by atoms with E-state index in [1.54, 1.807) is 26.8 Å². The third-order valence-electron chi connectivity index (χ3n) is 8.99. The lowest BCUT2D eigenvalue weighted by molar-refractivity contribution is -0.218. The van der Waals surface area contributed by atoms with Crippen molar-refractivity contribution in [3.05, 3.63) is 23.3 Å². The molecule has 1 fully saturated rings. The summed E-state index contributed by atoms with van der Waals surface area (Å²) < 4.78 is 34.5. The molecule has 3 aliphatic rings. The molecular weight excluding hydrogens is 592 g/mol. The molecule has 9 atom stereocenters. The third kappa shape index (κ3) is 7.40. The standard InChI is InChI=1S/C32H44O13/c1-9-10-27(37)44-23-14-25(42-20(6)35)31(8)24(41-19(5)34)12-11-16(2)28(31)29(43-21(7)36)32(39)17(3)30(38)45-26(32)13-22(23)15-40-18(4)33/h11,13,17,23-26,28-29,39H,9-10,12,14-15H2,1-8H3/t17-,23+,24-,25+,26-,28+,29+,31+,32-/m0/s1. The second-order valence-corrected chi connectivity index (χ2v) is 12.2. The minimum Gasteiger partial charge on any atom is -0.462 e. The van der Waals surface area contributed by atoms with Crippen molar-refractivity contribution in [3.63, 3.8) is 0 Å². The van der Waals surface area contributed by atoms with Crippen LogP contribution in [0.3, 0.4) is 0 Å². The molecule has 0 unspecified atom stereocenters. The number of rotatable bonds is 8. The maximum absolute atomic E-state index is 13.2. The van der Waals surface area contributed by atoms with Crippen LogP contribution in [0, 0.1) is 17.3 Å². The van der Waals surface area contributed by atoms with E-state index in [2.05, 4.69) is 0 Å². The Balaban J connectivity index is 2.46. The average molecular weight is 637 g/mol. The molecule has 0 radical (unpaired) electrons. The van der Waals surface area contributed by atoms with E-state index in [1.165, 1.54) is 33.8 Å². The Morgan fingerprint density at radius 2 is 1.56 bits per heavy atom. The Labute approximate surface area is 262 Å². The minimum atomic E-state index is -2.24. The molecule has 0 saturated carbocycles. The minimum absolute atomic E-state index is 0.0430. The Morgan fingerprint density at radius 1 is 0.956 bits per heavy atom. The van der Waals surface area contributed by atoms with E-state index in [1.807, 2.05) is 0 Å². The van der Waals surface area contributed by atoms with Crippen LogP contribution in [0.2, 0.25) is 0 Å². The monoisotopic (exact) mass is 636 g/mol. The van der Waals surface area contributed by atoms with Crippen molar-refractivity contribution < 1.29 is 62.3 Å². The molecule has 0 spiro atoms. The molecular formula is C32H44O13. The highest BCUT2D eigenvalue weighted by atomic mass is 16.6. The summed E-state index contributed by atoms with van der Waals surface area (Å²) in [6.07, 6.45) is -2.77. The van der Waals surface area contributed by atoms with Gasteiger partial charge in [-0.3, -0.25) is 28.8 Å². The van der Waals surface area contributed by atoms with Gasteiger partial charge < -0.3 is 33.5 Å². The van der Waals surface area contributed by atoms with E-state index in [-0.39, 0.29) is 24.8 Å². The molecule has 0 aromatic carbocycles. The molecule has 1 heterocycles. The Hall–Kier alpha value is -3.74. The average Bonchev–Trinajstić information content (AvgIpc) is 3.14. The zero-order chi connectivity index (χ0) is 33.9. The number of hydrogen-bond acceptors (Lipinski definition) is 13. The molecule has 2 aliphatic carbocycles. The van der Waals surface area contributed by atoms with Crippen molar-refractivity contribution in [3.8, 4) is 0 Å². The zero-order valence-electron chi connectivity index (χ0n) is 27.1. The van der Waals surface area contributed by atoms with Gasteiger partial charge in [-0.05, 0) is 26.3 Å². The summed E-state index contributed by atoms with van der Waals surface area (Å²) in [6, 6.07) is 0. The van der Waals surface area contributed by atoms with Crippen molar-refractivity contribution in [1.29, 1.82) is 0 Å². The SMILES string of the molecule is CCCC(=O)O[C@@H]1C[C@@H](OC(C)=O)[C@@]2(C)[C@@H](OC(C)=O)CC=C(C)[C@@H]2[C@@H](OC(C)=O)[C@@]2(O)[C@H](C=C1COC(C)=O)OC(=O)[C@@H]2C. The summed E-state index contributed by atoms with van der Waals surface area (Å²) in [4.78, 5) is 75.8. The number of hydrogen-bond donors (Lipinski definition) is 1. The van der Waals surface area contributed by atoms with E-state index in [0.29, 0.717) is 12.0 Å². The molecule has 0 aromatic rings. The van der Waals surface area contributed by atoms with Crippen LogP contribution in [0.4, 0.5) is 0 Å². The van der Waals surface area contributed by atoms with E-state index in [4.69, 9.17) is 28.4 Å². The highest BCUT2D eigenvalue weighted by molar-refractivity contribution is 5.78. The van der Waals surface area contributed by atoms with Crippen LogP contribution in [0.1, 0.15) is 81.1 Å². The van der Waals surface area contributed by atoms with Crippen LogP contribution < -0.4 is 0 Å². The van der Waals surface area contributed by atoms with Gasteiger partial charge in [-0.25, -0.2) is 0 Å². The summed E-state index contributed by atoms with van der Waals surface area (Å²) >= 11 is 0. The smallest absolute Gasteiger partial charge is 0.312 e. The fourth-order valence-electron chi connectivity index (χ4n) is 6.80. The van der Waals surface area contributed by atoms with Crippen molar-refractivity contribution >= 4 is 35.8 Å². The van der Waals surface area contributed by atoms with Gasteiger partial charge in [-0.15, -0.1) is 0 Å². The number of carbonyl (C=O) groups excluding carboxylic acids is 6. The van der Waals surface area contributed by atoms with Gasteiger partial charge in [-0.2, -0.15) is 0 Å². The van der Waals surface area contributed by atoms with Crippen LogP contribution in [0.5, 0.6) is 0 Å². The number of fused-ring (bicyclic) bond motifs is 2. The first-order valence-corrected chi connectivity index (χ1v) is 15.1. The van der Waals surface area contributed by atoms with Crippen molar-refractivity contribution in [1.82, 2.24) is 0 Å². The third-order valence-corrected chi connectivity index (χ3v) is 8.99. The van der Waals surface area contributed by atoms with Crippen molar-refractivity contribution in [2.75, 3.05) is 6.61 Å². The van der Waals surface area contributed by atoms with Gasteiger partial charge in [0.15, 0.2) is 11.7 Å². The van der Waals surface area contributed by atoms with E-state index in [9.17, 15) is 33.9 Å². The fraction of sp³-hybridized carbons (Fsp3) is 0.688. The molecule has 1 saturated heterocycles. The predicted molar refractivity (Wildman–Crippen MR) is 155 cm³/mol. The second kappa shape index (κ2) is 14.1. The Kier molecular flexibility index (Phi) is 11.2. The highest BCUT2D eigenvalue weighted by Crippen LogP contribution is 2.55. The zero-order valence-corrected chi connectivity index (χ0v) is 27.1. The molecule has 13 nitrogen and oxygen atoms in total. The second-order valence-electron chi connectivity index (χ2n) is 12.2. The first-order chi connectivity index (χ1) is 21.0. The van der Waals surface area contributed by atoms with Crippen LogP contribution in [-0.4, -0.2) is 83.7 Å². The molecule has 0 amide bonds. The van der Waals surface area contributed by atoms with Crippen LogP contribution in [0.25, 0.3) is 0 Å². The van der Waals surface area contributed by atoms with Gasteiger partial charge in [0, 0.05) is 58.4 Å². The van der Waals surface area contributed by atoms with Gasteiger partial charge in [0.2, 0.25) is 0 Å². The highest BCUT2D eigenvalue weighted by Gasteiger charge is 2.67. The van der Waals surface area contributed by atoms with Crippen LogP contribution >= 0.6 is 0 Å². The lowest BCUT2D eigenvalue weighted by Crippen LogP contribution is -2.65. The summed E-state index contributed by atoms with van der Waals surface area (Å²) in [6.45, 7) is 10.9. The molecule has 0 aromatic heterocycles. The van der Waals surface area contributed by atoms with Gasteiger partial charge in [0.1, 0.15) is 31.0 Å². The number of aliphatic hydroxyl groups is 1. The summed E-state index contributed by atoms with van der Waals surface area (Å²) in [7, 11) is 0. The van der Waals surface area contributed by atoms with Crippen molar-refractivity contribution in [2.45, 2.75) is 117 Å². The van der Waals surface area contributed by atoms with E-state index < -0.39 is 95.8 Å². The molecule has 13 heteroatoms. The van der Waals surface area contributed by atoms with Crippen molar-refractivity contribution in [2.24, 2.45) is 17.3 Å². The summed E-state index contributed by atoms with van der Waals surface area (Å²) in [5.41, 5.74) is -2.94. The lowest BCUT2D eigenvalue weighted by Gasteiger charge is -2.55. The van der Waals surface area contributed by atoms with Gasteiger partial charge in [0.05, 0.1) is 11.3 Å². The van der Waals surface area contributed by atoms with Crippen LogP contribution in [0.15, 0.2) is 23.3 Å². The van der Waals surface area contributed by atoms with Gasteiger partial charge in [-0.1, -0.05) is 25.5 Å². The Morgan fingerprint density at radius 3 is 2.11 bits per heavy atom. The van der Waals surface area contributed by atoms with E-state index in [0.717, 1.165) is 6.92 Å². The number of carbonyl (C=O) groups is 6. The summed E-state index contributed by atoms with van der Waals surface area (Å²) in [5.74, 6) is -6.44. The molecule has 250 valence electrons. The van der Waals surface area contributed by atoms with E-state index >= 15 is 0 Å². The molecule has 45 heavy (non-hydrogen) atoms. The summed E-state index contributed by atoms with van der Waals surface area (Å²) in [5, 5.41) is 12.6. The Bertz CT molecular complexity index is 1270. The first-order valence-electron chi connectivity index (χ1n) is 15.1.